The van der Waals surface area contributed by atoms with E-state index in [1.165, 1.54) is 18.4 Å². The van der Waals surface area contributed by atoms with Gasteiger partial charge in [-0.2, -0.15) is 0 Å². The average Bonchev–Trinajstić information content (AvgIpc) is 2.78. The van der Waals surface area contributed by atoms with Gasteiger partial charge in [-0.05, 0) is 37.0 Å². The summed E-state index contributed by atoms with van der Waals surface area (Å²) in [6.07, 6.45) is 5.55. The predicted molar refractivity (Wildman–Crippen MR) is 74.0 cm³/mol. The number of nitrogens with two attached hydrogens (primary N) is 1. The maximum absolute atomic E-state index is 6.37. The van der Waals surface area contributed by atoms with Gasteiger partial charge < -0.3 is 10.5 Å². The van der Waals surface area contributed by atoms with Crippen molar-refractivity contribution in [3.8, 4) is 0 Å². The first-order chi connectivity index (χ1) is 8.16. The molecule has 2 N–H and O–H groups in total. The molecule has 1 saturated carbocycles. The van der Waals surface area contributed by atoms with E-state index in [9.17, 15) is 0 Å². The number of halogens is 1. The quantitative estimate of drug-likeness (QED) is 0.926. The van der Waals surface area contributed by atoms with Gasteiger partial charge in [0, 0.05) is 17.6 Å². The van der Waals surface area contributed by atoms with Crippen LogP contribution in [0.4, 0.5) is 0 Å². The topological polar surface area (TPSA) is 35.2 Å². The van der Waals surface area contributed by atoms with Crippen molar-refractivity contribution >= 4 is 15.9 Å². The van der Waals surface area contributed by atoms with Crippen molar-refractivity contribution < 1.29 is 4.74 Å². The van der Waals surface area contributed by atoms with Crippen LogP contribution in [0.15, 0.2) is 28.7 Å². The molecule has 0 saturated heterocycles. The lowest BCUT2D eigenvalue weighted by molar-refractivity contribution is -0.0253. The fourth-order valence-electron chi connectivity index (χ4n) is 2.80. The van der Waals surface area contributed by atoms with Crippen molar-refractivity contribution in [1.82, 2.24) is 0 Å². The molecule has 1 aliphatic carbocycles. The van der Waals surface area contributed by atoms with Gasteiger partial charge in [-0.1, -0.05) is 40.9 Å². The fourth-order valence-corrected chi connectivity index (χ4v) is 3.25. The lowest BCUT2D eigenvalue weighted by Crippen LogP contribution is -2.48. The first-order valence-corrected chi connectivity index (χ1v) is 7.01. The highest BCUT2D eigenvalue weighted by Crippen LogP contribution is 2.36. The Bertz CT molecular complexity index is 374. The first kappa shape index (κ1) is 13.1. The second kappa shape index (κ2) is 5.51. The summed E-state index contributed by atoms with van der Waals surface area (Å²) >= 11 is 3.49. The molecule has 2 rings (SSSR count). The molecular formula is C14H20BrNO. The van der Waals surface area contributed by atoms with Gasteiger partial charge in [0.15, 0.2) is 0 Å². The van der Waals surface area contributed by atoms with Crippen LogP contribution >= 0.6 is 15.9 Å². The van der Waals surface area contributed by atoms with Crippen molar-refractivity contribution in [3.05, 3.63) is 34.3 Å². The summed E-state index contributed by atoms with van der Waals surface area (Å²) in [5, 5.41) is 0. The number of hydrogen-bond donors (Lipinski definition) is 1. The minimum absolute atomic E-state index is 0.0873. The largest absolute Gasteiger partial charge is 0.377 e. The molecule has 0 amide bonds. The van der Waals surface area contributed by atoms with Crippen LogP contribution in [0.25, 0.3) is 0 Å². The molecule has 0 aliphatic heterocycles. The number of methoxy groups -OCH3 is 1. The third-order valence-corrected chi connectivity index (χ3v) is 4.37. The standard InChI is InChI=1S/C14H20BrNO/c1-17-14(7-2-3-8-14)13(16)10-11-5-4-6-12(15)9-11/h4-6,9,13H,2-3,7-8,10,16H2,1H3. The average molecular weight is 298 g/mol. The van der Waals surface area contributed by atoms with Crippen LogP contribution < -0.4 is 5.73 Å². The van der Waals surface area contributed by atoms with Gasteiger partial charge in [-0.25, -0.2) is 0 Å². The molecule has 1 aromatic carbocycles. The van der Waals surface area contributed by atoms with Crippen molar-refractivity contribution in [2.24, 2.45) is 5.73 Å². The highest BCUT2D eigenvalue weighted by Gasteiger charge is 2.39. The van der Waals surface area contributed by atoms with Crippen LogP contribution in [0.2, 0.25) is 0 Å². The zero-order valence-electron chi connectivity index (χ0n) is 10.3. The van der Waals surface area contributed by atoms with Gasteiger partial charge >= 0.3 is 0 Å². The second-order valence-electron chi connectivity index (χ2n) is 4.92. The van der Waals surface area contributed by atoms with Crippen molar-refractivity contribution in [1.29, 1.82) is 0 Å². The number of ether oxygens (including phenoxy) is 1. The van der Waals surface area contributed by atoms with Crippen LogP contribution in [0.1, 0.15) is 31.2 Å². The van der Waals surface area contributed by atoms with Crippen LogP contribution in [0, 0.1) is 0 Å². The smallest absolute Gasteiger partial charge is 0.0832 e. The molecule has 17 heavy (non-hydrogen) atoms. The van der Waals surface area contributed by atoms with E-state index in [1.807, 2.05) is 6.07 Å². The molecule has 1 fully saturated rings. The minimum atomic E-state index is -0.0949. The summed E-state index contributed by atoms with van der Waals surface area (Å²) < 4.78 is 6.84. The van der Waals surface area contributed by atoms with E-state index in [2.05, 4.69) is 34.1 Å². The Morgan fingerprint density at radius 3 is 2.71 bits per heavy atom. The number of rotatable bonds is 4. The van der Waals surface area contributed by atoms with E-state index in [1.54, 1.807) is 7.11 Å². The van der Waals surface area contributed by atoms with E-state index >= 15 is 0 Å². The van der Waals surface area contributed by atoms with E-state index in [0.717, 1.165) is 23.7 Å². The molecule has 0 spiro atoms. The van der Waals surface area contributed by atoms with E-state index in [-0.39, 0.29) is 11.6 Å². The first-order valence-electron chi connectivity index (χ1n) is 6.21. The number of benzene rings is 1. The summed E-state index contributed by atoms with van der Waals surface area (Å²) in [4.78, 5) is 0. The van der Waals surface area contributed by atoms with Crippen LogP contribution in [0.3, 0.4) is 0 Å². The molecule has 3 heteroatoms. The molecule has 0 radical (unpaired) electrons. The van der Waals surface area contributed by atoms with Gasteiger partial charge in [0.1, 0.15) is 0 Å². The molecule has 1 aromatic rings. The van der Waals surface area contributed by atoms with Crippen LogP contribution in [-0.2, 0) is 11.2 Å². The summed E-state index contributed by atoms with van der Waals surface area (Å²) in [7, 11) is 1.80. The van der Waals surface area contributed by atoms with Crippen LogP contribution in [0.5, 0.6) is 0 Å². The minimum Gasteiger partial charge on any atom is -0.377 e. The Morgan fingerprint density at radius 1 is 1.41 bits per heavy atom. The summed E-state index contributed by atoms with van der Waals surface area (Å²) in [5.74, 6) is 0. The normalized spacial score (nSPS) is 20.4. The Kier molecular flexibility index (Phi) is 4.23. The molecule has 0 heterocycles. The monoisotopic (exact) mass is 297 g/mol. The van der Waals surface area contributed by atoms with Gasteiger partial charge in [0.05, 0.1) is 5.60 Å². The molecule has 0 bridgehead atoms. The molecule has 94 valence electrons. The number of hydrogen-bond acceptors (Lipinski definition) is 2. The lowest BCUT2D eigenvalue weighted by Gasteiger charge is -2.34. The van der Waals surface area contributed by atoms with Crippen LogP contribution in [-0.4, -0.2) is 18.8 Å². The van der Waals surface area contributed by atoms with Crippen molar-refractivity contribution in [3.63, 3.8) is 0 Å². The Balaban J connectivity index is 2.07. The predicted octanol–water partition coefficient (Wildman–Crippen LogP) is 3.28. The highest BCUT2D eigenvalue weighted by atomic mass is 79.9. The molecule has 1 aliphatic rings. The highest BCUT2D eigenvalue weighted by molar-refractivity contribution is 9.10. The Morgan fingerprint density at radius 2 is 2.12 bits per heavy atom. The van der Waals surface area contributed by atoms with Crippen molar-refractivity contribution in [2.45, 2.75) is 43.7 Å². The van der Waals surface area contributed by atoms with Gasteiger partial charge in [-0.15, -0.1) is 0 Å². The third kappa shape index (κ3) is 2.90. The van der Waals surface area contributed by atoms with E-state index < -0.39 is 0 Å². The zero-order valence-corrected chi connectivity index (χ0v) is 11.9. The second-order valence-corrected chi connectivity index (χ2v) is 5.83. The van der Waals surface area contributed by atoms with Crippen molar-refractivity contribution in [2.75, 3.05) is 7.11 Å². The van der Waals surface area contributed by atoms with E-state index in [0.29, 0.717) is 0 Å². The Labute approximate surface area is 112 Å². The van der Waals surface area contributed by atoms with Gasteiger partial charge in [-0.3, -0.25) is 0 Å². The maximum atomic E-state index is 6.37. The third-order valence-electron chi connectivity index (χ3n) is 3.88. The van der Waals surface area contributed by atoms with E-state index in [4.69, 9.17) is 10.5 Å². The molecule has 1 unspecified atom stereocenters. The summed E-state index contributed by atoms with van der Waals surface area (Å²) in [6.45, 7) is 0. The molecular weight excluding hydrogens is 278 g/mol. The molecule has 0 aromatic heterocycles. The molecule has 2 nitrogen and oxygen atoms in total. The summed E-state index contributed by atoms with van der Waals surface area (Å²) in [6, 6.07) is 8.45. The van der Waals surface area contributed by atoms with Gasteiger partial charge in [0.2, 0.25) is 0 Å². The zero-order chi connectivity index (χ0) is 12.3. The summed E-state index contributed by atoms with van der Waals surface area (Å²) in [5.41, 5.74) is 7.54. The maximum Gasteiger partial charge on any atom is 0.0832 e. The molecule has 1 atom stereocenters. The fraction of sp³-hybridized carbons (Fsp3) is 0.571. The van der Waals surface area contributed by atoms with Gasteiger partial charge in [0.25, 0.3) is 0 Å². The lowest BCUT2D eigenvalue weighted by atomic mass is 9.88. The SMILES string of the molecule is COC1(C(N)Cc2cccc(Br)c2)CCCC1. The Hall–Kier alpha value is -0.380.